The van der Waals surface area contributed by atoms with Crippen LogP contribution in [0.15, 0.2) is 30.9 Å². The van der Waals surface area contributed by atoms with E-state index in [1.165, 1.54) is 0 Å². The molecule has 0 heterocycles. The van der Waals surface area contributed by atoms with E-state index in [0.29, 0.717) is 23.9 Å². The molecule has 4 nitrogen and oxygen atoms in total. The molecule has 0 fully saturated rings. The van der Waals surface area contributed by atoms with Gasteiger partial charge in [-0.15, -0.1) is 6.58 Å². The van der Waals surface area contributed by atoms with Gasteiger partial charge in [-0.3, -0.25) is 4.79 Å². The van der Waals surface area contributed by atoms with Crippen LogP contribution < -0.4 is 15.4 Å². The molecule has 110 valence electrons. The highest BCUT2D eigenvalue weighted by Gasteiger charge is 2.15. The molecule has 0 aromatic heterocycles. The quantitative estimate of drug-likeness (QED) is 0.725. The lowest BCUT2D eigenvalue weighted by molar-refractivity contribution is -0.127. The molecular weight excluding hydrogens is 276 g/mol. The first-order valence-electron chi connectivity index (χ1n) is 6.62. The average Bonchev–Trinajstić information content (AvgIpc) is 2.44. The van der Waals surface area contributed by atoms with Crippen molar-refractivity contribution in [1.29, 1.82) is 0 Å². The number of hydrogen-bond acceptors (Lipinski definition) is 3. The van der Waals surface area contributed by atoms with Crippen molar-refractivity contribution in [3.05, 3.63) is 41.4 Å². The molecule has 1 unspecified atom stereocenters. The Bertz CT molecular complexity index is 463. The summed E-state index contributed by atoms with van der Waals surface area (Å²) in [5, 5.41) is 6.57. The summed E-state index contributed by atoms with van der Waals surface area (Å²) in [5.41, 5.74) is 0.933. The summed E-state index contributed by atoms with van der Waals surface area (Å²) in [6.45, 7) is 9.21. The molecule has 1 rings (SSSR count). The van der Waals surface area contributed by atoms with Crippen molar-refractivity contribution < 1.29 is 9.53 Å². The maximum atomic E-state index is 11.8. The van der Waals surface area contributed by atoms with Crippen LogP contribution in [0.1, 0.15) is 19.4 Å². The number of benzene rings is 1. The summed E-state index contributed by atoms with van der Waals surface area (Å²) < 4.78 is 5.71. The number of amides is 1. The third kappa shape index (κ3) is 5.23. The highest BCUT2D eigenvalue weighted by Crippen LogP contribution is 2.24. The largest absolute Gasteiger partial charge is 0.481 e. The summed E-state index contributed by atoms with van der Waals surface area (Å²) in [6, 6.07) is 5.38. The number of carbonyl (C=O) groups is 1. The highest BCUT2D eigenvalue weighted by atomic mass is 35.5. The second kappa shape index (κ2) is 8.61. The van der Waals surface area contributed by atoms with Crippen LogP contribution in [0.5, 0.6) is 5.75 Å². The Morgan fingerprint density at radius 3 is 2.95 bits per heavy atom. The standard InChI is InChI=1S/C15H21ClN2O2/c1-4-8-18-15(19)11(3)20-14-7-6-13(16)9-12(14)10-17-5-2/h4,6-7,9,11,17H,1,5,8,10H2,2-3H3,(H,18,19). The molecule has 0 aliphatic carbocycles. The molecule has 1 aromatic carbocycles. The predicted molar refractivity (Wildman–Crippen MR) is 82.1 cm³/mol. The zero-order valence-electron chi connectivity index (χ0n) is 11.9. The number of halogens is 1. The lowest BCUT2D eigenvalue weighted by Gasteiger charge is -2.17. The zero-order chi connectivity index (χ0) is 15.0. The van der Waals surface area contributed by atoms with Crippen molar-refractivity contribution in [2.24, 2.45) is 0 Å². The molecule has 1 amide bonds. The summed E-state index contributed by atoms with van der Waals surface area (Å²) in [5.74, 6) is 0.492. The second-order valence-corrected chi connectivity index (χ2v) is 4.76. The minimum Gasteiger partial charge on any atom is -0.481 e. The predicted octanol–water partition coefficient (Wildman–Crippen LogP) is 2.52. The fourth-order valence-electron chi connectivity index (χ4n) is 1.62. The van der Waals surface area contributed by atoms with Gasteiger partial charge in [-0.05, 0) is 31.7 Å². The molecule has 0 spiro atoms. The van der Waals surface area contributed by atoms with Gasteiger partial charge in [0.05, 0.1) is 0 Å². The number of carbonyl (C=O) groups excluding carboxylic acids is 1. The van der Waals surface area contributed by atoms with Gasteiger partial charge in [-0.1, -0.05) is 24.6 Å². The number of ether oxygens (including phenoxy) is 1. The van der Waals surface area contributed by atoms with Gasteiger partial charge in [0.25, 0.3) is 5.91 Å². The van der Waals surface area contributed by atoms with E-state index in [9.17, 15) is 4.79 Å². The first kappa shape index (κ1) is 16.5. The van der Waals surface area contributed by atoms with Gasteiger partial charge in [0.15, 0.2) is 6.10 Å². The lowest BCUT2D eigenvalue weighted by Crippen LogP contribution is -2.36. The average molecular weight is 297 g/mol. The van der Waals surface area contributed by atoms with Gasteiger partial charge >= 0.3 is 0 Å². The molecule has 0 saturated carbocycles. The molecule has 5 heteroatoms. The van der Waals surface area contributed by atoms with Crippen molar-refractivity contribution in [3.63, 3.8) is 0 Å². The van der Waals surface area contributed by atoms with E-state index in [4.69, 9.17) is 16.3 Å². The first-order chi connectivity index (χ1) is 9.58. The fraction of sp³-hybridized carbons (Fsp3) is 0.400. The molecule has 0 bridgehead atoms. The van der Waals surface area contributed by atoms with Crippen LogP contribution in [0.4, 0.5) is 0 Å². The van der Waals surface area contributed by atoms with Crippen LogP contribution in [0.3, 0.4) is 0 Å². The second-order valence-electron chi connectivity index (χ2n) is 4.33. The van der Waals surface area contributed by atoms with E-state index < -0.39 is 6.10 Å². The van der Waals surface area contributed by atoms with E-state index in [1.807, 2.05) is 13.0 Å². The van der Waals surface area contributed by atoms with Crippen LogP contribution >= 0.6 is 11.6 Å². The maximum absolute atomic E-state index is 11.8. The molecule has 1 atom stereocenters. The van der Waals surface area contributed by atoms with Crippen LogP contribution in [0, 0.1) is 0 Å². The van der Waals surface area contributed by atoms with Gasteiger partial charge < -0.3 is 15.4 Å². The van der Waals surface area contributed by atoms with E-state index in [0.717, 1.165) is 12.1 Å². The molecule has 0 saturated heterocycles. The van der Waals surface area contributed by atoms with E-state index in [1.54, 1.807) is 25.1 Å². The van der Waals surface area contributed by atoms with Crippen molar-refractivity contribution in [3.8, 4) is 5.75 Å². The third-order valence-corrected chi connectivity index (χ3v) is 2.92. The summed E-state index contributed by atoms with van der Waals surface area (Å²) in [4.78, 5) is 11.8. The third-order valence-electron chi connectivity index (χ3n) is 2.68. The van der Waals surface area contributed by atoms with Gasteiger partial charge in [-0.25, -0.2) is 0 Å². The smallest absolute Gasteiger partial charge is 0.261 e. The van der Waals surface area contributed by atoms with Crippen LogP contribution in [-0.2, 0) is 11.3 Å². The van der Waals surface area contributed by atoms with E-state index in [-0.39, 0.29) is 5.91 Å². The monoisotopic (exact) mass is 296 g/mol. The van der Waals surface area contributed by atoms with Crippen LogP contribution in [0.25, 0.3) is 0 Å². The van der Waals surface area contributed by atoms with Crippen molar-refractivity contribution in [1.82, 2.24) is 10.6 Å². The Labute approximate surface area is 125 Å². The maximum Gasteiger partial charge on any atom is 0.261 e. The van der Waals surface area contributed by atoms with Crippen molar-refractivity contribution in [2.45, 2.75) is 26.5 Å². The molecule has 0 radical (unpaired) electrons. The minimum absolute atomic E-state index is 0.172. The summed E-state index contributed by atoms with van der Waals surface area (Å²) in [7, 11) is 0. The molecular formula is C15H21ClN2O2. The Hall–Kier alpha value is -1.52. The Kier molecular flexibility index (Phi) is 7.12. The molecule has 0 aliphatic heterocycles. The molecule has 1 aromatic rings. The van der Waals surface area contributed by atoms with Gasteiger partial charge in [-0.2, -0.15) is 0 Å². The number of rotatable bonds is 8. The number of hydrogen-bond donors (Lipinski definition) is 2. The Morgan fingerprint density at radius 1 is 1.55 bits per heavy atom. The van der Waals surface area contributed by atoms with Gasteiger partial charge in [0.1, 0.15) is 5.75 Å². The molecule has 0 aliphatic rings. The molecule has 20 heavy (non-hydrogen) atoms. The van der Waals surface area contributed by atoms with Crippen molar-refractivity contribution in [2.75, 3.05) is 13.1 Å². The van der Waals surface area contributed by atoms with Crippen molar-refractivity contribution >= 4 is 17.5 Å². The van der Waals surface area contributed by atoms with Crippen LogP contribution in [0.2, 0.25) is 5.02 Å². The van der Waals surface area contributed by atoms with E-state index >= 15 is 0 Å². The minimum atomic E-state index is -0.573. The normalized spacial score (nSPS) is 11.8. The highest BCUT2D eigenvalue weighted by molar-refractivity contribution is 6.30. The summed E-state index contributed by atoms with van der Waals surface area (Å²) in [6.07, 6.45) is 1.06. The first-order valence-corrected chi connectivity index (χ1v) is 7.00. The Balaban J connectivity index is 2.74. The summed E-state index contributed by atoms with van der Waals surface area (Å²) >= 11 is 5.99. The number of nitrogens with one attached hydrogen (secondary N) is 2. The fourth-order valence-corrected chi connectivity index (χ4v) is 1.82. The van der Waals surface area contributed by atoms with Gasteiger partial charge in [0, 0.05) is 23.7 Å². The molecule has 2 N–H and O–H groups in total. The zero-order valence-corrected chi connectivity index (χ0v) is 12.7. The van der Waals surface area contributed by atoms with Gasteiger partial charge in [0.2, 0.25) is 0 Å². The van der Waals surface area contributed by atoms with Crippen LogP contribution in [-0.4, -0.2) is 25.1 Å². The SMILES string of the molecule is C=CCNC(=O)C(C)Oc1ccc(Cl)cc1CNCC. The Morgan fingerprint density at radius 2 is 2.30 bits per heavy atom. The topological polar surface area (TPSA) is 50.4 Å². The lowest BCUT2D eigenvalue weighted by atomic mass is 10.2. The van der Waals surface area contributed by atoms with E-state index in [2.05, 4.69) is 17.2 Å².